The van der Waals surface area contributed by atoms with Crippen LogP contribution in [0.3, 0.4) is 0 Å². The van der Waals surface area contributed by atoms with Crippen LogP contribution in [0.5, 0.6) is 0 Å². The maximum Gasteiger partial charge on any atom is 0.401 e. The molecule has 0 aromatic heterocycles. The fourth-order valence-corrected chi connectivity index (χ4v) is 2.98. The van der Waals surface area contributed by atoms with Gasteiger partial charge in [0.25, 0.3) is 0 Å². The third-order valence-corrected chi connectivity index (χ3v) is 3.94. The summed E-state index contributed by atoms with van der Waals surface area (Å²) in [5.74, 6) is 0.662. The molecule has 5 heteroatoms. The Bertz CT molecular complexity index is 404. The van der Waals surface area contributed by atoms with Crippen molar-refractivity contribution in [2.24, 2.45) is 0 Å². The summed E-state index contributed by atoms with van der Waals surface area (Å²) < 4.78 is 35.7. The molecule has 100 valence electrons. The van der Waals surface area contributed by atoms with Crippen LogP contribution in [-0.2, 0) is 12.8 Å². The minimum absolute atomic E-state index is 0.376. The van der Waals surface area contributed by atoms with Gasteiger partial charge in [0.1, 0.15) is 0 Å². The first-order chi connectivity index (χ1) is 8.54. The van der Waals surface area contributed by atoms with E-state index in [9.17, 15) is 13.2 Å². The van der Waals surface area contributed by atoms with Crippen molar-refractivity contribution in [3.05, 3.63) is 29.3 Å². The molecule has 0 bridgehead atoms. The molecule has 2 rings (SSSR count). The highest BCUT2D eigenvalue weighted by Gasteiger charge is 2.25. The number of alkyl halides is 3. The Hall–Kier alpha value is -0.680. The Morgan fingerprint density at radius 2 is 1.94 bits per heavy atom. The van der Waals surface area contributed by atoms with Gasteiger partial charge in [-0.2, -0.15) is 13.2 Å². The lowest BCUT2D eigenvalue weighted by Gasteiger charge is -2.08. The van der Waals surface area contributed by atoms with E-state index in [4.69, 9.17) is 0 Å². The van der Waals surface area contributed by atoms with Crippen LogP contribution in [0, 0.1) is 0 Å². The minimum Gasteiger partial charge on any atom is -0.308 e. The van der Waals surface area contributed by atoms with E-state index in [1.165, 1.54) is 17.5 Å². The van der Waals surface area contributed by atoms with Gasteiger partial charge in [0.2, 0.25) is 0 Å². The molecule has 0 saturated heterocycles. The molecule has 1 aliphatic rings. The standard InChI is InChI=1S/C13H16F3NS/c14-13(15,16)9-17-6-7-18-12-5-4-10-2-1-3-11(10)8-12/h4-5,8,17H,1-3,6-7,9H2. The van der Waals surface area contributed by atoms with Gasteiger partial charge in [0.15, 0.2) is 0 Å². The first-order valence-corrected chi connectivity index (χ1v) is 7.05. The molecule has 1 aliphatic carbocycles. The van der Waals surface area contributed by atoms with E-state index in [1.54, 1.807) is 11.8 Å². The normalized spacial score (nSPS) is 14.8. The van der Waals surface area contributed by atoms with Crippen LogP contribution in [0.2, 0.25) is 0 Å². The van der Waals surface area contributed by atoms with Crippen LogP contribution >= 0.6 is 11.8 Å². The number of hydrogen-bond acceptors (Lipinski definition) is 2. The van der Waals surface area contributed by atoms with Gasteiger partial charge in [-0.3, -0.25) is 0 Å². The van der Waals surface area contributed by atoms with Crippen molar-refractivity contribution in [2.75, 3.05) is 18.8 Å². The molecule has 0 unspecified atom stereocenters. The van der Waals surface area contributed by atoms with E-state index in [-0.39, 0.29) is 0 Å². The van der Waals surface area contributed by atoms with E-state index in [0.717, 1.165) is 17.7 Å². The lowest BCUT2D eigenvalue weighted by atomic mass is 10.1. The summed E-state index contributed by atoms with van der Waals surface area (Å²) in [5.41, 5.74) is 2.83. The van der Waals surface area contributed by atoms with Crippen LogP contribution in [-0.4, -0.2) is 25.0 Å². The molecule has 1 aromatic carbocycles. The zero-order chi connectivity index (χ0) is 13.0. The Kier molecular flexibility index (Phi) is 4.56. The molecule has 0 atom stereocenters. The molecule has 0 spiro atoms. The second-order valence-electron chi connectivity index (χ2n) is 4.42. The summed E-state index contributed by atoms with van der Waals surface area (Å²) in [7, 11) is 0. The fraction of sp³-hybridized carbons (Fsp3) is 0.538. The van der Waals surface area contributed by atoms with Crippen LogP contribution in [0.4, 0.5) is 13.2 Å². The molecule has 0 heterocycles. The Balaban J connectivity index is 1.71. The minimum atomic E-state index is -4.11. The van der Waals surface area contributed by atoms with Crippen molar-refractivity contribution in [2.45, 2.75) is 30.3 Å². The molecule has 1 aromatic rings. The largest absolute Gasteiger partial charge is 0.401 e. The maximum atomic E-state index is 11.9. The summed E-state index contributed by atoms with van der Waals surface area (Å²) in [6, 6.07) is 6.39. The van der Waals surface area contributed by atoms with E-state index < -0.39 is 12.7 Å². The summed E-state index contributed by atoms with van der Waals surface area (Å²) in [5, 5.41) is 2.40. The first-order valence-electron chi connectivity index (χ1n) is 6.07. The summed E-state index contributed by atoms with van der Waals surface area (Å²) >= 11 is 1.61. The number of benzene rings is 1. The van der Waals surface area contributed by atoms with E-state index in [2.05, 4.69) is 23.5 Å². The van der Waals surface area contributed by atoms with Gasteiger partial charge in [-0.05, 0) is 42.5 Å². The number of aryl methyl sites for hydroxylation is 2. The Morgan fingerprint density at radius 1 is 1.17 bits per heavy atom. The predicted octanol–water partition coefficient (Wildman–Crippen LogP) is 3.42. The SMILES string of the molecule is FC(F)(F)CNCCSc1ccc2c(c1)CCC2. The molecular weight excluding hydrogens is 259 g/mol. The fourth-order valence-electron chi connectivity index (χ4n) is 2.11. The predicted molar refractivity (Wildman–Crippen MR) is 68.1 cm³/mol. The maximum absolute atomic E-state index is 11.9. The molecule has 1 nitrogen and oxygen atoms in total. The first kappa shape index (κ1) is 13.7. The Morgan fingerprint density at radius 3 is 2.72 bits per heavy atom. The number of fused-ring (bicyclic) bond motifs is 1. The molecule has 0 saturated carbocycles. The topological polar surface area (TPSA) is 12.0 Å². The van der Waals surface area contributed by atoms with E-state index in [0.29, 0.717) is 12.3 Å². The van der Waals surface area contributed by atoms with E-state index in [1.807, 2.05) is 0 Å². The van der Waals surface area contributed by atoms with Crippen molar-refractivity contribution in [1.29, 1.82) is 0 Å². The third kappa shape index (κ3) is 4.21. The zero-order valence-electron chi connectivity index (χ0n) is 10.0. The van der Waals surface area contributed by atoms with Crippen molar-refractivity contribution >= 4 is 11.8 Å². The number of rotatable bonds is 5. The molecule has 0 amide bonds. The smallest absolute Gasteiger partial charge is 0.308 e. The van der Waals surface area contributed by atoms with Crippen molar-refractivity contribution < 1.29 is 13.2 Å². The van der Waals surface area contributed by atoms with Crippen molar-refractivity contribution in [3.8, 4) is 0 Å². The highest BCUT2D eigenvalue weighted by Crippen LogP contribution is 2.27. The number of halogens is 3. The van der Waals surface area contributed by atoms with Crippen LogP contribution < -0.4 is 5.32 Å². The van der Waals surface area contributed by atoms with Gasteiger partial charge < -0.3 is 5.32 Å². The quantitative estimate of drug-likeness (QED) is 0.653. The third-order valence-electron chi connectivity index (χ3n) is 2.94. The molecule has 0 aliphatic heterocycles. The number of thioether (sulfide) groups is 1. The number of nitrogens with one attached hydrogen (secondary N) is 1. The van der Waals surface area contributed by atoms with Crippen molar-refractivity contribution in [3.63, 3.8) is 0 Å². The number of hydrogen-bond donors (Lipinski definition) is 1. The lowest BCUT2D eigenvalue weighted by molar-refractivity contribution is -0.124. The molecule has 0 fully saturated rings. The van der Waals surface area contributed by atoms with Crippen LogP contribution in [0.25, 0.3) is 0 Å². The summed E-state index contributed by atoms with van der Waals surface area (Å²) in [4.78, 5) is 1.16. The average Bonchev–Trinajstić information content (AvgIpc) is 2.74. The molecule has 0 radical (unpaired) electrons. The molecule has 1 N–H and O–H groups in total. The van der Waals surface area contributed by atoms with Crippen LogP contribution in [0.15, 0.2) is 23.1 Å². The van der Waals surface area contributed by atoms with E-state index >= 15 is 0 Å². The summed E-state index contributed by atoms with van der Waals surface area (Å²) in [6.45, 7) is -0.529. The van der Waals surface area contributed by atoms with Crippen LogP contribution in [0.1, 0.15) is 17.5 Å². The zero-order valence-corrected chi connectivity index (χ0v) is 10.8. The lowest BCUT2D eigenvalue weighted by Crippen LogP contribution is -2.30. The molecular formula is C13H16F3NS. The summed E-state index contributed by atoms with van der Waals surface area (Å²) in [6.07, 6.45) is -0.599. The van der Waals surface area contributed by atoms with Gasteiger partial charge in [0, 0.05) is 17.2 Å². The Labute approximate surface area is 109 Å². The monoisotopic (exact) mass is 275 g/mol. The van der Waals surface area contributed by atoms with Gasteiger partial charge in [-0.15, -0.1) is 11.8 Å². The second kappa shape index (κ2) is 5.97. The average molecular weight is 275 g/mol. The van der Waals surface area contributed by atoms with Gasteiger partial charge in [-0.25, -0.2) is 0 Å². The van der Waals surface area contributed by atoms with Gasteiger partial charge in [-0.1, -0.05) is 6.07 Å². The molecule has 18 heavy (non-hydrogen) atoms. The van der Waals surface area contributed by atoms with Crippen molar-refractivity contribution in [1.82, 2.24) is 5.32 Å². The van der Waals surface area contributed by atoms with Gasteiger partial charge >= 0.3 is 6.18 Å². The highest BCUT2D eigenvalue weighted by molar-refractivity contribution is 7.99. The second-order valence-corrected chi connectivity index (χ2v) is 5.59. The highest BCUT2D eigenvalue weighted by atomic mass is 32.2. The van der Waals surface area contributed by atoms with Gasteiger partial charge in [0.05, 0.1) is 6.54 Å².